The molecule has 0 amide bonds. The van der Waals surface area contributed by atoms with Crippen LogP contribution in [-0.2, 0) is 17.9 Å². The van der Waals surface area contributed by atoms with Crippen molar-refractivity contribution in [1.29, 1.82) is 0 Å². The Hall–Kier alpha value is -0.920. The van der Waals surface area contributed by atoms with Crippen molar-refractivity contribution in [3.8, 4) is 11.5 Å². The number of morpholine rings is 1. The molecule has 2 aromatic carbocycles. The molecule has 1 heterocycles. The molecule has 1 fully saturated rings. The Labute approximate surface area is 207 Å². The highest BCUT2D eigenvalue weighted by molar-refractivity contribution is 6.32. The van der Waals surface area contributed by atoms with Crippen molar-refractivity contribution in [2.75, 3.05) is 46.0 Å². The Kier molecular flexibility index (Phi) is 13.6. The summed E-state index contributed by atoms with van der Waals surface area (Å²) in [5.74, 6) is 1.24. The van der Waals surface area contributed by atoms with Gasteiger partial charge in [0, 0.05) is 37.7 Å². The molecule has 9 heteroatoms. The van der Waals surface area contributed by atoms with Crippen molar-refractivity contribution >= 4 is 48.0 Å². The lowest BCUT2D eigenvalue weighted by molar-refractivity contribution is 0.0384. The molecular weight excluding hydrogens is 482 g/mol. The number of ether oxygens (including phenoxy) is 3. The van der Waals surface area contributed by atoms with Crippen LogP contribution in [0.25, 0.3) is 0 Å². The minimum Gasteiger partial charge on any atom is -0.490 e. The summed E-state index contributed by atoms with van der Waals surface area (Å²) in [5, 5.41) is 4.73. The van der Waals surface area contributed by atoms with Gasteiger partial charge in [-0.2, -0.15) is 0 Å². The first-order valence-electron chi connectivity index (χ1n) is 9.99. The molecule has 3 rings (SSSR count). The summed E-state index contributed by atoms with van der Waals surface area (Å²) >= 11 is 12.5. The van der Waals surface area contributed by atoms with Crippen molar-refractivity contribution in [3.05, 3.63) is 57.6 Å². The second kappa shape index (κ2) is 15.0. The molecule has 0 radical (unpaired) electrons. The van der Waals surface area contributed by atoms with E-state index in [2.05, 4.69) is 10.2 Å². The van der Waals surface area contributed by atoms with E-state index in [9.17, 15) is 0 Å². The molecule has 174 valence electrons. The lowest BCUT2D eigenvalue weighted by Gasteiger charge is -2.26. The van der Waals surface area contributed by atoms with Gasteiger partial charge in [-0.1, -0.05) is 35.3 Å². The summed E-state index contributed by atoms with van der Waals surface area (Å²) in [6.07, 6.45) is 0. The van der Waals surface area contributed by atoms with Crippen LogP contribution in [0.4, 0.5) is 0 Å². The summed E-state index contributed by atoms with van der Waals surface area (Å²) in [5.41, 5.74) is 2.08. The first-order chi connectivity index (χ1) is 14.2. The van der Waals surface area contributed by atoms with Crippen LogP contribution >= 0.6 is 48.0 Å². The average molecular weight is 512 g/mol. The summed E-state index contributed by atoms with van der Waals surface area (Å²) in [7, 11) is 0. The van der Waals surface area contributed by atoms with Gasteiger partial charge < -0.3 is 19.5 Å². The summed E-state index contributed by atoms with van der Waals surface area (Å²) in [6.45, 7) is 9.19. The molecule has 0 saturated carbocycles. The van der Waals surface area contributed by atoms with Crippen molar-refractivity contribution in [3.63, 3.8) is 0 Å². The van der Waals surface area contributed by atoms with Crippen LogP contribution in [0.1, 0.15) is 18.1 Å². The van der Waals surface area contributed by atoms with E-state index in [0.717, 1.165) is 57.1 Å². The number of nitrogens with zero attached hydrogens (tertiary/aromatic N) is 1. The highest BCUT2D eigenvalue weighted by Gasteiger charge is 2.14. The van der Waals surface area contributed by atoms with Crippen LogP contribution in [0, 0.1) is 0 Å². The molecule has 5 nitrogen and oxygen atoms in total. The van der Waals surface area contributed by atoms with E-state index in [-0.39, 0.29) is 24.8 Å². The molecule has 1 aliphatic heterocycles. The van der Waals surface area contributed by atoms with Gasteiger partial charge in [-0.3, -0.25) is 4.90 Å². The number of benzene rings is 2. The van der Waals surface area contributed by atoms with Crippen molar-refractivity contribution in [2.45, 2.75) is 20.1 Å². The van der Waals surface area contributed by atoms with E-state index in [1.807, 2.05) is 43.3 Å². The molecule has 2 aromatic rings. The molecule has 0 spiro atoms. The predicted octanol–water partition coefficient (Wildman–Crippen LogP) is 5.24. The average Bonchev–Trinajstić information content (AvgIpc) is 2.73. The molecule has 1 saturated heterocycles. The van der Waals surface area contributed by atoms with Crippen molar-refractivity contribution < 1.29 is 14.2 Å². The van der Waals surface area contributed by atoms with Gasteiger partial charge in [-0.05, 0) is 42.3 Å². The Morgan fingerprint density at radius 2 is 1.71 bits per heavy atom. The zero-order valence-corrected chi connectivity index (χ0v) is 20.7. The Morgan fingerprint density at radius 1 is 1.00 bits per heavy atom. The lowest BCUT2D eigenvalue weighted by atomic mass is 10.2. The molecule has 1 N–H and O–H groups in total. The fourth-order valence-corrected chi connectivity index (χ4v) is 3.57. The normalized spacial score (nSPS) is 13.8. The third kappa shape index (κ3) is 9.22. The Morgan fingerprint density at radius 3 is 2.39 bits per heavy atom. The first kappa shape index (κ1) is 28.1. The maximum atomic E-state index is 6.52. The number of halogens is 4. The van der Waals surface area contributed by atoms with Gasteiger partial charge in [-0.25, -0.2) is 0 Å². The van der Waals surface area contributed by atoms with Crippen LogP contribution < -0.4 is 14.8 Å². The zero-order valence-electron chi connectivity index (χ0n) is 17.6. The van der Waals surface area contributed by atoms with Gasteiger partial charge in [0.25, 0.3) is 0 Å². The molecule has 0 unspecified atom stereocenters. The monoisotopic (exact) mass is 510 g/mol. The molecule has 0 bridgehead atoms. The summed E-state index contributed by atoms with van der Waals surface area (Å²) in [4.78, 5) is 2.41. The number of hydrogen-bond donors (Lipinski definition) is 1. The topological polar surface area (TPSA) is 43.0 Å². The van der Waals surface area contributed by atoms with Gasteiger partial charge in [0.05, 0.1) is 24.8 Å². The smallest absolute Gasteiger partial charge is 0.180 e. The highest BCUT2D eigenvalue weighted by Crippen LogP contribution is 2.37. The standard InChI is InChI=1S/C22H28Cl2N2O3.2ClH/c1-2-28-21-14-18(15-25-7-8-26-9-11-27-12-10-26)13-20(24)22(21)29-16-17-3-5-19(23)6-4-17;;/h3-6,13-14,25H,2,7-12,15-16H2,1H3;2*1H. The lowest BCUT2D eigenvalue weighted by Crippen LogP contribution is -2.40. The second-order valence-electron chi connectivity index (χ2n) is 6.88. The van der Waals surface area contributed by atoms with Crippen molar-refractivity contribution in [1.82, 2.24) is 10.2 Å². The molecule has 0 atom stereocenters. The van der Waals surface area contributed by atoms with Gasteiger partial charge in [0.1, 0.15) is 6.61 Å². The fraction of sp³-hybridized carbons (Fsp3) is 0.455. The summed E-state index contributed by atoms with van der Waals surface area (Å²) in [6, 6.07) is 11.5. The summed E-state index contributed by atoms with van der Waals surface area (Å²) < 4.78 is 17.1. The van der Waals surface area contributed by atoms with E-state index < -0.39 is 0 Å². The SMILES string of the molecule is CCOc1cc(CNCCN2CCOCC2)cc(Cl)c1OCc1ccc(Cl)cc1.Cl.Cl. The Bertz CT molecular complexity index is 772. The highest BCUT2D eigenvalue weighted by atomic mass is 35.5. The van der Waals surface area contributed by atoms with Gasteiger partial charge in [0.15, 0.2) is 11.5 Å². The molecule has 1 aliphatic rings. The third-order valence-electron chi connectivity index (χ3n) is 4.70. The van der Waals surface area contributed by atoms with Crippen LogP contribution in [0.3, 0.4) is 0 Å². The van der Waals surface area contributed by atoms with Crippen LogP contribution in [0.15, 0.2) is 36.4 Å². The Balaban J connectivity index is 0.00000240. The van der Waals surface area contributed by atoms with Crippen LogP contribution in [-0.4, -0.2) is 50.9 Å². The van der Waals surface area contributed by atoms with E-state index in [4.69, 9.17) is 37.4 Å². The maximum absolute atomic E-state index is 6.52. The quantitative estimate of drug-likeness (QED) is 0.442. The third-order valence-corrected chi connectivity index (χ3v) is 5.24. The zero-order chi connectivity index (χ0) is 20.5. The van der Waals surface area contributed by atoms with E-state index >= 15 is 0 Å². The molecule has 0 aromatic heterocycles. The van der Waals surface area contributed by atoms with E-state index in [0.29, 0.717) is 34.8 Å². The fourth-order valence-electron chi connectivity index (χ4n) is 3.16. The number of nitrogens with one attached hydrogen (secondary N) is 1. The van der Waals surface area contributed by atoms with E-state index in [1.54, 1.807) is 0 Å². The van der Waals surface area contributed by atoms with Gasteiger partial charge in [-0.15, -0.1) is 24.8 Å². The predicted molar refractivity (Wildman–Crippen MR) is 132 cm³/mol. The molecule has 31 heavy (non-hydrogen) atoms. The van der Waals surface area contributed by atoms with Crippen molar-refractivity contribution in [2.24, 2.45) is 0 Å². The maximum Gasteiger partial charge on any atom is 0.180 e. The van der Waals surface area contributed by atoms with E-state index in [1.165, 1.54) is 0 Å². The minimum atomic E-state index is 0. The van der Waals surface area contributed by atoms with Crippen LogP contribution in [0.5, 0.6) is 11.5 Å². The second-order valence-corrected chi connectivity index (χ2v) is 7.73. The molecular formula is C22H30Cl4N2O3. The number of hydrogen-bond acceptors (Lipinski definition) is 5. The largest absolute Gasteiger partial charge is 0.490 e. The van der Waals surface area contributed by atoms with Gasteiger partial charge in [0.2, 0.25) is 0 Å². The van der Waals surface area contributed by atoms with Crippen LogP contribution in [0.2, 0.25) is 10.0 Å². The first-order valence-corrected chi connectivity index (χ1v) is 10.7. The molecule has 0 aliphatic carbocycles. The minimum absolute atomic E-state index is 0. The van der Waals surface area contributed by atoms with Gasteiger partial charge >= 0.3 is 0 Å². The number of rotatable bonds is 10.